The molecule has 0 bridgehead atoms. The van der Waals surface area contributed by atoms with Gasteiger partial charge in [-0.25, -0.2) is 4.39 Å². The van der Waals surface area contributed by atoms with Crippen LogP contribution in [0.25, 0.3) is 0 Å². The lowest BCUT2D eigenvalue weighted by molar-refractivity contribution is -0.384. The van der Waals surface area contributed by atoms with Gasteiger partial charge in [0.05, 0.1) is 11.3 Å². The molecule has 1 aliphatic rings. The number of ether oxygens (including phenoxy) is 1. The second-order valence-electron chi connectivity index (χ2n) is 6.26. The van der Waals surface area contributed by atoms with Crippen LogP contribution < -0.4 is 4.90 Å². The quantitative estimate of drug-likeness (QED) is 0.431. The highest BCUT2D eigenvalue weighted by Gasteiger charge is 2.25. The Kier molecular flexibility index (Phi) is 5.89. The highest BCUT2D eigenvalue weighted by atomic mass is 35.5. The highest BCUT2D eigenvalue weighted by Crippen LogP contribution is 2.30. The molecule has 9 heteroatoms. The third-order valence-electron chi connectivity index (χ3n) is 4.43. The lowest BCUT2D eigenvalue weighted by Gasteiger charge is -2.29. The lowest BCUT2D eigenvalue weighted by Crippen LogP contribution is -2.38. The standard InChI is InChI=1S/C19H16ClFN2O5/c20-15-4-1-5-16(21)14(15)10-19(25)28-11-18(24)22-8-2-3-12-9-13(23(26)27)6-7-17(12)22/h1,4-7,9H,2-3,8,10-11H2. The van der Waals surface area contributed by atoms with E-state index in [0.29, 0.717) is 30.6 Å². The fraction of sp³-hybridized carbons (Fsp3) is 0.263. The second-order valence-corrected chi connectivity index (χ2v) is 6.66. The van der Waals surface area contributed by atoms with Crippen LogP contribution in [0.4, 0.5) is 15.8 Å². The van der Waals surface area contributed by atoms with E-state index in [-0.39, 0.29) is 22.7 Å². The van der Waals surface area contributed by atoms with E-state index in [4.69, 9.17) is 16.3 Å². The molecule has 3 rings (SSSR count). The van der Waals surface area contributed by atoms with Crippen molar-refractivity contribution in [2.75, 3.05) is 18.1 Å². The Labute approximate surface area is 164 Å². The number of rotatable bonds is 5. The molecule has 2 aromatic carbocycles. The van der Waals surface area contributed by atoms with E-state index in [1.807, 2.05) is 0 Å². The molecule has 0 saturated carbocycles. The monoisotopic (exact) mass is 406 g/mol. The van der Waals surface area contributed by atoms with E-state index in [9.17, 15) is 24.1 Å². The molecule has 1 amide bonds. The molecule has 2 aromatic rings. The first-order chi connectivity index (χ1) is 13.4. The van der Waals surface area contributed by atoms with Crippen LogP contribution in [0, 0.1) is 15.9 Å². The van der Waals surface area contributed by atoms with Crippen molar-refractivity contribution in [1.82, 2.24) is 0 Å². The Morgan fingerprint density at radius 2 is 2.07 bits per heavy atom. The van der Waals surface area contributed by atoms with Crippen molar-refractivity contribution in [1.29, 1.82) is 0 Å². The normalized spacial score (nSPS) is 13.0. The summed E-state index contributed by atoms with van der Waals surface area (Å²) in [6, 6.07) is 8.36. The number of halogens is 2. The number of hydrogen-bond acceptors (Lipinski definition) is 5. The van der Waals surface area contributed by atoms with Gasteiger partial charge in [0.2, 0.25) is 0 Å². The van der Waals surface area contributed by atoms with Gasteiger partial charge in [0.15, 0.2) is 6.61 Å². The minimum absolute atomic E-state index is 0.0113. The van der Waals surface area contributed by atoms with Crippen molar-refractivity contribution >= 4 is 34.9 Å². The van der Waals surface area contributed by atoms with Gasteiger partial charge in [-0.1, -0.05) is 17.7 Å². The van der Waals surface area contributed by atoms with Crippen molar-refractivity contribution in [3.63, 3.8) is 0 Å². The number of carbonyl (C=O) groups is 2. The first-order valence-corrected chi connectivity index (χ1v) is 8.91. The van der Waals surface area contributed by atoms with Crippen LogP contribution in [0.5, 0.6) is 0 Å². The van der Waals surface area contributed by atoms with E-state index < -0.39 is 29.2 Å². The molecule has 0 aliphatic carbocycles. The van der Waals surface area contributed by atoms with Crippen LogP contribution in [0.2, 0.25) is 5.02 Å². The molecule has 7 nitrogen and oxygen atoms in total. The third kappa shape index (κ3) is 4.28. The summed E-state index contributed by atoms with van der Waals surface area (Å²) in [5.41, 5.74) is 1.23. The number of carbonyl (C=O) groups excluding carboxylic acids is 2. The SMILES string of the molecule is O=C(Cc1c(F)cccc1Cl)OCC(=O)N1CCCc2cc([N+](=O)[O-])ccc21. The summed E-state index contributed by atoms with van der Waals surface area (Å²) >= 11 is 5.88. The van der Waals surface area contributed by atoms with Crippen LogP contribution in [-0.4, -0.2) is 30.0 Å². The topological polar surface area (TPSA) is 89.8 Å². The smallest absolute Gasteiger partial charge is 0.310 e. The van der Waals surface area contributed by atoms with Crippen LogP contribution in [-0.2, 0) is 27.2 Å². The van der Waals surface area contributed by atoms with Gasteiger partial charge >= 0.3 is 5.97 Å². The van der Waals surface area contributed by atoms with Crippen LogP contribution in [0.15, 0.2) is 36.4 Å². The number of nitrogens with zero attached hydrogens (tertiary/aromatic N) is 2. The number of nitro groups is 1. The lowest BCUT2D eigenvalue weighted by atomic mass is 10.0. The number of nitro benzene ring substituents is 1. The molecule has 0 unspecified atom stereocenters. The van der Waals surface area contributed by atoms with E-state index in [0.717, 1.165) is 0 Å². The molecule has 0 radical (unpaired) electrons. The zero-order valence-electron chi connectivity index (χ0n) is 14.7. The van der Waals surface area contributed by atoms with Crippen LogP contribution >= 0.6 is 11.6 Å². The molecule has 0 N–H and O–H groups in total. The van der Waals surface area contributed by atoms with Gasteiger partial charge < -0.3 is 9.64 Å². The Bertz CT molecular complexity index is 930. The Morgan fingerprint density at radius 1 is 1.29 bits per heavy atom. The highest BCUT2D eigenvalue weighted by molar-refractivity contribution is 6.31. The first kappa shape index (κ1) is 19.8. The second kappa shape index (κ2) is 8.35. The molecule has 28 heavy (non-hydrogen) atoms. The summed E-state index contributed by atoms with van der Waals surface area (Å²) in [5, 5.41) is 11.0. The number of anilines is 1. The third-order valence-corrected chi connectivity index (χ3v) is 4.79. The van der Waals surface area contributed by atoms with Gasteiger partial charge in [0.1, 0.15) is 5.82 Å². The summed E-state index contributed by atoms with van der Waals surface area (Å²) in [4.78, 5) is 36.3. The number of aryl methyl sites for hydroxylation is 1. The molecule has 0 fully saturated rings. The summed E-state index contributed by atoms with van der Waals surface area (Å²) in [6.07, 6.45) is 0.868. The molecule has 146 valence electrons. The molecule has 1 aliphatic heterocycles. The minimum atomic E-state index is -0.777. The predicted molar refractivity (Wildman–Crippen MR) is 99.8 cm³/mol. The number of benzene rings is 2. The van der Waals surface area contributed by atoms with E-state index in [2.05, 4.69) is 0 Å². The fourth-order valence-corrected chi connectivity index (χ4v) is 3.30. The van der Waals surface area contributed by atoms with Gasteiger partial charge in [-0.05, 0) is 36.6 Å². The summed E-state index contributed by atoms with van der Waals surface area (Å²) in [7, 11) is 0. The number of amides is 1. The van der Waals surface area contributed by atoms with Gasteiger partial charge in [-0.2, -0.15) is 0 Å². The Hall–Kier alpha value is -3.00. The summed E-state index contributed by atoms with van der Waals surface area (Å²) < 4.78 is 18.7. The van der Waals surface area contributed by atoms with Gasteiger partial charge in [0, 0.05) is 35.0 Å². The number of hydrogen-bond donors (Lipinski definition) is 0. The molecule has 0 atom stereocenters. The molecular formula is C19H16ClFN2O5. The van der Waals surface area contributed by atoms with Crippen molar-refractivity contribution in [3.05, 3.63) is 68.5 Å². The molecule has 0 spiro atoms. The fourth-order valence-electron chi connectivity index (χ4n) is 3.07. The van der Waals surface area contributed by atoms with E-state index in [1.54, 1.807) is 0 Å². The van der Waals surface area contributed by atoms with Crippen molar-refractivity contribution in [2.24, 2.45) is 0 Å². The van der Waals surface area contributed by atoms with Gasteiger partial charge in [0.25, 0.3) is 11.6 Å². The van der Waals surface area contributed by atoms with Crippen molar-refractivity contribution in [2.45, 2.75) is 19.3 Å². The number of fused-ring (bicyclic) bond motifs is 1. The minimum Gasteiger partial charge on any atom is -0.455 e. The maximum Gasteiger partial charge on any atom is 0.310 e. The summed E-state index contributed by atoms with van der Waals surface area (Å²) in [5.74, 6) is -1.86. The maximum atomic E-state index is 13.7. The largest absolute Gasteiger partial charge is 0.455 e. The van der Waals surface area contributed by atoms with Crippen molar-refractivity contribution < 1.29 is 23.6 Å². The number of non-ortho nitro benzene ring substituents is 1. The molecule has 1 heterocycles. The van der Waals surface area contributed by atoms with Gasteiger partial charge in [-0.15, -0.1) is 0 Å². The zero-order valence-corrected chi connectivity index (χ0v) is 15.4. The average molecular weight is 407 g/mol. The molecular weight excluding hydrogens is 391 g/mol. The maximum absolute atomic E-state index is 13.7. The average Bonchev–Trinajstić information content (AvgIpc) is 2.68. The van der Waals surface area contributed by atoms with Crippen molar-refractivity contribution in [3.8, 4) is 0 Å². The number of esters is 1. The van der Waals surface area contributed by atoms with Gasteiger partial charge in [-0.3, -0.25) is 19.7 Å². The molecule has 0 aromatic heterocycles. The van der Waals surface area contributed by atoms with Crippen LogP contribution in [0.3, 0.4) is 0 Å². The Balaban J connectivity index is 1.64. The van der Waals surface area contributed by atoms with E-state index >= 15 is 0 Å². The Morgan fingerprint density at radius 3 is 2.79 bits per heavy atom. The molecule has 0 saturated heterocycles. The zero-order chi connectivity index (χ0) is 20.3. The van der Waals surface area contributed by atoms with E-state index in [1.165, 1.54) is 41.3 Å². The first-order valence-electron chi connectivity index (χ1n) is 8.53. The predicted octanol–water partition coefficient (Wildman–Crippen LogP) is 3.45. The summed E-state index contributed by atoms with van der Waals surface area (Å²) in [6.45, 7) is -0.0956. The van der Waals surface area contributed by atoms with Crippen LogP contribution in [0.1, 0.15) is 17.5 Å².